The first-order valence-electron chi connectivity index (χ1n) is 4.89. The Bertz CT molecular complexity index is 242. The first-order valence-corrected chi connectivity index (χ1v) is 4.89. The molecule has 90 valence electrons. The first-order chi connectivity index (χ1) is 6.26. The van der Waals surface area contributed by atoms with Gasteiger partial charge < -0.3 is 10.4 Å². The molecule has 1 saturated heterocycles. The van der Waals surface area contributed by atoms with Gasteiger partial charge in [0.2, 0.25) is 5.67 Å². The van der Waals surface area contributed by atoms with E-state index in [2.05, 4.69) is 5.32 Å². The van der Waals surface area contributed by atoms with E-state index in [1.165, 1.54) is 0 Å². The summed E-state index contributed by atoms with van der Waals surface area (Å²) in [5.41, 5.74) is -2.14. The van der Waals surface area contributed by atoms with Crippen molar-refractivity contribution in [3.63, 3.8) is 0 Å². The van der Waals surface area contributed by atoms with E-state index in [9.17, 15) is 9.18 Å². The minimum Gasteiger partial charge on any atom is -0.479 e. The Labute approximate surface area is 95.8 Å². The predicted molar refractivity (Wildman–Crippen MR) is 59.2 cm³/mol. The summed E-state index contributed by atoms with van der Waals surface area (Å²) in [5, 5.41) is 11.6. The van der Waals surface area contributed by atoms with Gasteiger partial charge in [-0.2, -0.15) is 0 Å². The molecule has 0 aromatic rings. The van der Waals surface area contributed by atoms with Gasteiger partial charge in [0.1, 0.15) is 0 Å². The van der Waals surface area contributed by atoms with Gasteiger partial charge in [0, 0.05) is 6.54 Å². The van der Waals surface area contributed by atoms with Crippen molar-refractivity contribution in [2.45, 2.75) is 32.9 Å². The summed E-state index contributed by atoms with van der Waals surface area (Å²) in [7, 11) is 0. The quantitative estimate of drug-likeness (QED) is 0.734. The number of carboxylic acid groups (broad SMARTS) is 1. The van der Waals surface area contributed by atoms with Crippen molar-refractivity contribution < 1.29 is 14.3 Å². The zero-order valence-electron chi connectivity index (χ0n) is 9.34. The molecule has 0 aromatic heterocycles. The predicted octanol–water partition coefficient (Wildman–Crippen LogP) is 1.86. The third-order valence-corrected chi connectivity index (χ3v) is 2.97. The first kappa shape index (κ1) is 14.6. The van der Waals surface area contributed by atoms with Crippen LogP contribution in [0.4, 0.5) is 4.39 Å². The van der Waals surface area contributed by atoms with Crippen molar-refractivity contribution in [3.8, 4) is 0 Å². The van der Waals surface area contributed by atoms with Crippen LogP contribution in [-0.2, 0) is 4.79 Å². The Balaban J connectivity index is 0.00000196. The second-order valence-electron chi connectivity index (χ2n) is 5.17. The van der Waals surface area contributed by atoms with E-state index in [1.807, 2.05) is 20.8 Å². The van der Waals surface area contributed by atoms with Gasteiger partial charge in [-0.15, -0.1) is 12.4 Å². The molecule has 0 aromatic carbocycles. The second kappa shape index (κ2) is 4.66. The summed E-state index contributed by atoms with van der Waals surface area (Å²) >= 11 is 0. The van der Waals surface area contributed by atoms with E-state index in [0.717, 1.165) is 0 Å². The zero-order valence-corrected chi connectivity index (χ0v) is 10.2. The van der Waals surface area contributed by atoms with Gasteiger partial charge >= 0.3 is 5.97 Å². The molecule has 1 fully saturated rings. The summed E-state index contributed by atoms with van der Waals surface area (Å²) < 4.78 is 13.8. The molecule has 1 aliphatic heterocycles. The van der Waals surface area contributed by atoms with Gasteiger partial charge in [-0.1, -0.05) is 20.8 Å². The van der Waals surface area contributed by atoms with Crippen LogP contribution in [-0.4, -0.2) is 29.8 Å². The lowest BCUT2D eigenvalue weighted by molar-refractivity contribution is -0.154. The highest BCUT2D eigenvalue weighted by Crippen LogP contribution is 2.36. The number of carbonyl (C=O) groups is 1. The van der Waals surface area contributed by atoms with Crippen LogP contribution in [0.5, 0.6) is 0 Å². The molecule has 0 bridgehead atoms. The summed E-state index contributed by atoms with van der Waals surface area (Å²) in [6.45, 7) is 6.64. The fourth-order valence-corrected chi connectivity index (χ4v) is 1.75. The van der Waals surface area contributed by atoms with Crippen LogP contribution >= 0.6 is 12.4 Å². The number of hydrogen-bond acceptors (Lipinski definition) is 2. The Morgan fingerprint density at radius 2 is 2.07 bits per heavy atom. The molecule has 0 saturated carbocycles. The number of carboxylic acids is 1. The van der Waals surface area contributed by atoms with Gasteiger partial charge in [-0.25, -0.2) is 9.18 Å². The highest BCUT2D eigenvalue weighted by atomic mass is 35.5. The third-order valence-electron chi connectivity index (χ3n) is 2.97. The number of piperidine rings is 1. The molecule has 5 heteroatoms. The Hall–Kier alpha value is -0.350. The summed E-state index contributed by atoms with van der Waals surface area (Å²) in [6.07, 6.45) is 0.110. The molecule has 1 heterocycles. The van der Waals surface area contributed by atoms with Crippen LogP contribution in [0.25, 0.3) is 0 Å². The van der Waals surface area contributed by atoms with Crippen molar-refractivity contribution in [1.29, 1.82) is 0 Å². The van der Waals surface area contributed by atoms with Crippen LogP contribution < -0.4 is 5.32 Å². The van der Waals surface area contributed by atoms with Gasteiger partial charge in [-0.3, -0.25) is 0 Å². The number of alkyl halides is 1. The maximum Gasteiger partial charge on any atom is 0.342 e. The smallest absolute Gasteiger partial charge is 0.342 e. The molecule has 1 aliphatic rings. The number of halogens is 2. The molecule has 15 heavy (non-hydrogen) atoms. The highest BCUT2D eigenvalue weighted by Gasteiger charge is 2.46. The zero-order chi connectivity index (χ0) is 11.0. The fourth-order valence-electron chi connectivity index (χ4n) is 1.75. The maximum atomic E-state index is 13.8. The second-order valence-corrected chi connectivity index (χ2v) is 5.17. The molecule has 3 nitrogen and oxygen atoms in total. The molecular formula is C10H19ClFNO2. The molecule has 0 unspecified atom stereocenters. The van der Waals surface area contributed by atoms with E-state index in [0.29, 0.717) is 6.54 Å². The van der Waals surface area contributed by atoms with Crippen LogP contribution in [0.3, 0.4) is 0 Å². The van der Waals surface area contributed by atoms with E-state index < -0.39 is 11.6 Å². The molecule has 0 aliphatic carbocycles. The highest BCUT2D eigenvalue weighted by molar-refractivity contribution is 5.85. The fraction of sp³-hybridized carbons (Fsp3) is 0.900. The Morgan fingerprint density at radius 3 is 2.47 bits per heavy atom. The van der Waals surface area contributed by atoms with Gasteiger partial charge in [0.15, 0.2) is 0 Å². The lowest BCUT2D eigenvalue weighted by atomic mass is 9.73. The molecule has 2 N–H and O–H groups in total. The lowest BCUT2D eigenvalue weighted by Crippen LogP contribution is -2.53. The van der Waals surface area contributed by atoms with E-state index in [-0.39, 0.29) is 36.7 Å². The molecule has 0 spiro atoms. The van der Waals surface area contributed by atoms with Crippen molar-refractivity contribution in [2.24, 2.45) is 11.3 Å². The number of aliphatic carboxylic acids is 1. The number of rotatable bonds is 1. The van der Waals surface area contributed by atoms with E-state index in [1.54, 1.807) is 0 Å². The average molecular weight is 240 g/mol. The summed E-state index contributed by atoms with van der Waals surface area (Å²) in [6, 6.07) is 0. The van der Waals surface area contributed by atoms with Gasteiger partial charge in [0.05, 0.1) is 0 Å². The molecular weight excluding hydrogens is 221 g/mol. The SMILES string of the molecule is CC(C)(C)[C@H]1CNC[C@](F)(C(=O)O)C1.Cl. The van der Waals surface area contributed by atoms with Crippen molar-refractivity contribution in [1.82, 2.24) is 5.32 Å². The van der Waals surface area contributed by atoms with Crippen molar-refractivity contribution >= 4 is 18.4 Å². The van der Waals surface area contributed by atoms with Crippen molar-refractivity contribution in [2.75, 3.05) is 13.1 Å². The van der Waals surface area contributed by atoms with Gasteiger partial charge in [-0.05, 0) is 24.3 Å². The summed E-state index contributed by atoms with van der Waals surface area (Å²) in [4.78, 5) is 10.7. The van der Waals surface area contributed by atoms with Crippen LogP contribution in [0.15, 0.2) is 0 Å². The van der Waals surface area contributed by atoms with Crippen LogP contribution in [0.1, 0.15) is 27.2 Å². The monoisotopic (exact) mass is 239 g/mol. The van der Waals surface area contributed by atoms with Crippen molar-refractivity contribution in [3.05, 3.63) is 0 Å². The summed E-state index contributed by atoms with van der Waals surface area (Å²) in [5.74, 6) is -1.28. The lowest BCUT2D eigenvalue weighted by Gasteiger charge is -2.39. The Morgan fingerprint density at radius 1 is 1.53 bits per heavy atom. The number of hydrogen-bond donors (Lipinski definition) is 2. The third kappa shape index (κ3) is 3.31. The molecule has 1 rings (SSSR count). The number of nitrogens with one attached hydrogen (secondary N) is 1. The molecule has 2 atom stereocenters. The maximum absolute atomic E-state index is 13.8. The topological polar surface area (TPSA) is 49.3 Å². The van der Waals surface area contributed by atoms with E-state index in [4.69, 9.17) is 5.11 Å². The normalized spacial score (nSPS) is 31.9. The minimum atomic E-state index is -2.09. The molecule has 0 amide bonds. The average Bonchev–Trinajstić information content (AvgIpc) is 2.02. The van der Waals surface area contributed by atoms with E-state index >= 15 is 0 Å². The molecule has 0 radical (unpaired) electrons. The van der Waals surface area contributed by atoms with Crippen LogP contribution in [0, 0.1) is 11.3 Å². The minimum absolute atomic E-state index is 0. The largest absolute Gasteiger partial charge is 0.479 e. The standard InChI is InChI=1S/C10H18FNO2.ClH/c1-9(2,3)7-4-10(11,8(13)14)6-12-5-7;/h7,12H,4-6H2,1-3H3,(H,13,14);1H/t7-,10+;/m1./s1. The van der Waals surface area contributed by atoms with Gasteiger partial charge in [0.25, 0.3) is 0 Å². The Kier molecular flexibility index (Phi) is 4.55. The van der Waals surface area contributed by atoms with Crippen LogP contribution in [0.2, 0.25) is 0 Å².